The Hall–Kier alpha value is -1.62. The van der Waals surface area contributed by atoms with Crippen molar-refractivity contribution in [2.24, 2.45) is 5.41 Å². The molecule has 1 aliphatic heterocycles. The third kappa shape index (κ3) is 2.37. The van der Waals surface area contributed by atoms with Crippen LogP contribution in [0.25, 0.3) is 0 Å². The Bertz CT molecular complexity index is 628. The van der Waals surface area contributed by atoms with Gasteiger partial charge in [0.05, 0.1) is 10.3 Å². The van der Waals surface area contributed by atoms with Crippen LogP contribution in [0, 0.1) is 5.41 Å². The molecule has 4 nitrogen and oxygen atoms in total. The maximum absolute atomic E-state index is 12.6. The predicted octanol–water partition coefficient (Wildman–Crippen LogP) is 3.34. The Labute approximate surface area is 134 Å². The summed E-state index contributed by atoms with van der Waals surface area (Å²) in [5.74, 6) is -0.614. The number of carboxylic acid groups (broad SMARTS) is 1. The fourth-order valence-electron chi connectivity index (χ4n) is 3.44. The highest BCUT2D eigenvalue weighted by Gasteiger charge is 2.47. The monoisotopic (exact) mass is 319 g/mol. The topological polar surface area (TPSA) is 57.6 Å². The molecule has 0 unspecified atom stereocenters. The molecule has 3 rings (SSSR count). The van der Waals surface area contributed by atoms with Gasteiger partial charge in [-0.2, -0.15) is 0 Å². The van der Waals surface area contributed by atoms with Gasteiger partial charge in [0.15, 0.2) is 0 Å². The Balaban J connectivity index is 1.73. The Kier molecular flexibility index (Phi) is 4.08. The minimum absolute atomic E-state index is 0.0835. The third-order valence-electron chi connectivity index (χ3n) is 5.05. The first-order valence-corrected chi connectivity index (χ1v) is 8.75. The van der Waals surface area contributed by atoms with Crippen LogP contribution in [0.1, 0.15) is 47.8 Å². The summed E-state index contributed by atoms with van der Waals surface area (Å²) in [6.45, 7) is 3.21. The van der Waals surface area contributed by atoms with Crippen molar-refractivity contribution < 1.29 is 14.7 Å². The van der Waals surface area contributed by atoms with Crippen LogP contribution in [0.2, 0.25) is 0 Å². The molecule has 5 heteroatoms. The molecule has 0 atom stereocenters. The average molecular weight is 319 g/mol. The van der Waals surface area contributed by atoms with Crippen molar-refractivity contribution in [3.63, 3.8) is 0 Å². The van der Waals surface area contributed by atoms with Crippen molar-refractivity contribution in [1.82, 2.24) is 4.90 Å². The van der Waals surface area contributed by atoms with E-state index in [4.69, 9.17) is 0 Å². The number of carbonyl (C=O) groups is 2. The molecular weight excluding hydrogens is 298 g/mol. The molecule has 1 aromatic rings. The van der Waals surface area contributed by atoms with Gasteiger partial charge in [-0.25, -0.2) is 0 Å². The molecule has 0 aromatic carbocycles. The van der Waals surface area contributed by atoms with Crippen molar-refractivity contribution in [2.45, 2.75) is 39.0 Å². The third-order valence-corrected chi connectivity index (χ3v) is 5.99. The normalized spacial score (nSPS) is 20.2. The first-order valence-electron chi connectivity index (χ1n) is 7.87. The molecule has 2 aliphatic rings. The Morgan fingerprint density at radius 2 is 2.18 bits per heavy atom. The van der Waals surface area contributed by atoms with Crippen LogP contribution in [0.15, 0.2) is 23.1 Å². The standard InChI is InChI=1S/C17H21NO3S/c1-2-12-6-11-22-14(12)15(19)18-9-4-13(5-10-18)17(16(20)21)7-3-8-17/h4,6,11H,2-3,5,7-10H2,1H3,(H,20,21). The van der Waals surface area contributed by atoms with Crippen LogP contribution < -0.4 is 0 Å². The largest absolute Gasteiger partial charge is 0.481 e. The fraction of sp³-hybridized carbons (Fsp3) is 0.529. The van der Waals surface area contributed by atoms with Gasteiger partial charge in [0.1, 0.15) is 0 Å². The predicted molar refractivity (Wildman–Crippen MR) is 86.2 cm³/mol. The lowest BCUT2D eigenvalue weighted by Gasteiger charge is -2.42. The molecule has 22 heavy (non-hydrogen) atoms. The van der Waals surface area contributed by atoms with Crippen LogP contribution in [0.4, 0.5) is 0 Å². The van der Waals surface area contributed by atoms with Gasteiger partial charge in [0, 0.05) is 13.1 Å². The molecule has 0 bridgehead atoms. The quantitative estimate of drug-likeness (QED) is 0.866. The number of carboxylic acids is 1. The molecule has 1 saturated carbocycles. The summed E-state index contributed by atoms with van der Waals surface area (Å²) in [7, 11) is 0. The number of rotatable bonds is 4. The van der Waals surface area contributed by atoms with Crippen LogP contribution in [-0.2, 0) is 11.2 Å². The second-order valence-corrected chi connectivity index (χ2v) is 7.02. The van der Waals surface area contributed by atoms with E-state index in [-0.39, 0.29) is 5.91 Å². The van der Waals surface area contributed by atoms with Crippen molar-refractivity contribution in [3.05, 3.63) is 33.5 Å². The molecule has 0 radical (unpaired) electrons. The van der Waals surface area contributed by atoms with Crippen molar-refractivity contribution >= 4 is 23.2 Å². The first-order chi connectivity index (χ1) is 10.6. The van der Waals surface area contributed by atoms with Gasteiger partial charge in [-0.15, -0.1) is 11.3 Å². The van der Waals surface area contributed by atoms with Gasteiger partial charge in [0.2, 0.25) is 0 Å². The molecule has 1 fully saturated rings. The van der Waals surface area contributed by atoms with E-state index in [9.17, 15) is 14.7 Å². The van der Waals surface area contributed by atoms with Crippen molar-refractivity contribution in [3.8, 4) is 0 Å². The van der Waals surface area contributed by atoms with E-state index in [0.29, 0.717) is 19.5 Å². The second kappa shape index (κ2) is 5.88. The Morgan fingerprint density at radius 3 is 2.68 bits per heavy atom. The van der Waals surface area contributed by atoms with E-state index in [0.717, 1.165) is 41.7 Å². The minimum Gasteiger partial charge on any atom is -0.481 e. The highest BCUT2D eigenvalue weighted by atomic mass is 32.1. The van der Waals surface area contributed by atoms with Gasteiger partial charge < -0.3 is 10.0 Å². The lowest BCUT2D eigenvalue weighted by atomic mass is 9.62. The minimum atomic E-state index is -0.698. The SMILES string of the molecule is CCc1ccsc1C(=O)N1CC=C(C2(C(=O)O)CCC2)CC1. The molecule has 0 saturated heterocycles. The zero-order valence-corrected chi connectivity index (χ0v) is 13.6. The van der Waals surface area contributed by atoms with Crippen molar-refractivity contribution in [2.75, 3.05) is 13.1 Å². The lowest BCUT2D eigenvalue weighted by Crippen LogP contribution is -2.44. The fourth-order valence-corrected chi connectivity index (χ4v) is 4.40. The van der Waals surface area contributed by atoms with Crippen LogP contribution >= 0.6 is 11.3 Å². The zero-order chi connectivity index (χ0) is 15.7. The van der Waals surface area contributed by atoms with Crippen LogP contribution in [0.5, 0.6) is 0 Å². The van der Waals surface area contributed by atoms with Gasteiger partial charge in [-0.3, -0.25) is 9.59 Å². The molecule has 118 valence electrons. The molecule has 1 amide bonds. The number of amides is 1. The van der Waals surface area contributed by atoms with Crippen LogP contribution in [-0.4, -0.2) is 35.0 Å². The highest BCUT2D eigenvalue weighted by molar-refractivity contribution is 7.12. The summed E-state index contributed by atoms with van der Waals surface area (Å²) in [5.41, 5.74) is 1.50. The molecule has 1 N–H and O–H groups in total. The number of hydrogen-bond donors (Lipinski definition) is 1. The van der Waals surface area contributed by atoms with E-state index >= 15 is 0 Å². The number of carbonyl (C=O) groups excluding carboxylic acids is 1. The average Bonchev–Trinajstić information content (AvgIpc) is 2.94. The number of aryl methyl sites for hydroxylation is 1. The summed E-state index contributed by atoms with van der Waals surface area (Å²) in [6.07, 6.45) is 6.00. The summed E-state index contributed by atoms with van der Waals surface area (Å²) in [5, 5.41) is 11.5. The van der Waals surface area contributed by atoms with Crippen LogP contribution in [0.3, 0.4) is 0 Å². The number of aliphatic carboxylic acids is 1. The van der Waals surface area contributed by atoms with E-state index in [1.807, 2.05) is 22.4 Å². The number of thiophene rings is 1. The molecular formula is C17H21NO3S. The van der Waals surface area contributed by atoms with E-state index in [2.05, 4.69) is 6.92 Å². The number of hydrogen-bond acceptors (Lipinski definition) is 3. The Morgan fingerprint density at radius 1 is 1.41 bits per heavy atom. The van der Waals surface area contributed by atoms with E-state index in [1.54, 1.807) is 0 Å². The zero-order valence-electron chi connectivity index (χ0n) is 12.8. The molecule has 1 aromatic heterocycles. The van der Waals surface area contributed by atoms with Gasteiger partial charge >= 0.3 is 5.97 Å². The lowest BCUT2D eigenvalue weighted by molar-refractivity contribution is -0.151. The molecule has 2 heterocycles. The highest BCUT2D eigenvalue weighted by Crippen LogP contribution is 2.49. The summed E-state index contributed by atoms with van der Waals surface area (Å²) >= 11 is 1.50. The van der Waals surface area contributed by atoms with Gasteiger partial charge in [-0.05, 0) is 42.7 Å². The molecule has 0 spiro atoms. The van der Waals surface area contributed by atoms with Gasteiger partial charge in [0.25, 0.3) is 5.91 Å². The van der Waals surface area contributed by atoms with E-state index < -0.39 is 11.4 Å². The van der Waals surface area contributed by atoms with Crippen molar-refractivity contribution in [1.29, 1.82) is 0 Å². The van der Waals surface area contributed by atoms with E-state index in [1.165, 1.54) is 11.3 Å². The summed E-state index contributed by atoms with van der Waals surface area (Å²) < 4.78 is 0. The molecule has 1 aliphatic carbocycles. The van der Waals surface area contributed by atoms with Gasteiger partial charge in [-0.1, -0.05) is 25.0 Å². The summed E-state index contributed by atoms with van der Waals surface area (Å²) in [6, 6.07) is 2.01. The smallest absolute Gasteiger partial charge is 0.313 e. The summed E-state index contributed by atoms with van der Waals surface area (Å²) in [4.78, 5) is 26.8. The number of nitrogens with zero attached hydrogens (tertiary/aromatic N) is 1. The second-order valence-electron chi connectivity index (χ2n) is 6.10. The maximum Gasteiger partial charge on any atom is 0.313 e. The first kappa shape index (κ1) is 15.3. The maximum atomic E-state index is 12.6.